The Morgan fingerprint density at radius 3 is 2.54 bits per heavy atom. The molecule has 1 N–H and O–H groups in total. The van der Waals surface area contributed by atoms with Gasteiger partial charge in [-0.2, -0.15) is 0 Å². The van der Waals surface area contributed by atoms with E-state index in [1.54, 1.807) is 0 Å². The average molecular weight is 358 g/mol. The van der Waals surface area contributed by atoms with Crippen molar-refractivity contribution >= 4 is 17.6 Å². The van der Waals surface area contributed by atoms with Crippen molar-refractivity contribution in [2.24, 2.45) is 0 Å². The predicted molar refractivity (Wildman–Crippen MR) is 103 cm³/mol. The maximum absolute atomic E-state index is 12.8. The van der Waals surface area contributed by atoms with E-state index in [0.29, 0.717) is 19.5 Å². The monoisotopic (exact) mass is 358 g/mol. The number of hydrogen-bond acceptors (Lipinski definition) is 3. The standard InChI is InChI=1S/C20H30N4O2/c1-4-16-5-7-17(8-6-16)21-19(26)24-14-13-23(3)20(15-24)10-9-18(25)22(2)12-11-20/h5-8H,4,9-15H2,1-3H3,(H,21,26)/t20-/m1/s1. The number of anilines is 1. The molecular weight excluding hydrogens is 328 g/mol. The summed E-state index contributed by atoms with van der Waals surface area (Å²) in [4.78, 5) is 30.9. The minimum absolute atomic E-state index is 0.0503. The molecular formula is C20H30N4O2. The molecule has 2 saturated heterocycles. The first kappa shape index (κ1) is 18.7. The molecule has 1 aromatic rings. The Balaban J connectivity index is 1.68. The molecule has 26 heavy (non-hydrogen) atoms. The van der Waals surface area contributed by atoms with Gasteiger partial charge in [0.05, 0.1) is 0 Å². The van der Waals surface area contributed by atoms with Gasteiger partial charge in [-0.15, -0.1) is 0 Å². The molecule has 2 heterocycles. The first-order valence-corrected chi connectivity index (χ1v) is 9.53. The van der Waals surface area contributed by atoms with E-state index in [-0.39, 0.29) is 17.5 Å². The highest BCUT2D eigenvalue weighted by molar-refractivity contribution is 5.89. The second kappa shape index (κ2) is 7.66. The van der Waals surface area contributed by atoms with E-state index in [0.717, 1.165) is 38.0 Å². The molecule has 0 aliphatic carbocycles. The van der Waals surface area contributed by atoms with Crippen molar-refractivity contribution in [1.82, 2.24) is 14.7 Å². The van der Waals surface area contributed by atoms with Crippen LogP contribution in [0.1, 0.15) is 31.7 Å². The lowest BCUT2D eigenvalue weighted by molar-refractivity contribution is -0.129. The summed E-state index contributed by atoms with van der Waals surface area (Å²) in [5.74, 6) is 0.202. The Kier molecular flexibility index (Phi) is 5.51. The molecule has 1 atom stereocenters. The second-order valence-electron chi connectivity index (χ2n) is 7.61. The Hall–Kier alpha value is -2.08. The number of carbonyl (C=O) groups is 2. The van der Waals surface area contributed by atoms with Crippen molar-refractivity contribution in [2.45, 2.75) is 38.1 Å². The van der Waals surface area contributed by atoms with Crippen LogP contribution in [0.3, 0.4) is 0 Å². The largest absolute Gasteiger partial charge is 0.346 e. The summed E-state index contributed by atoms with van der Waals surface area (Å²) in [5.41, 5.74) is 1.98. The molecule has 0 bridgehead atoms. The van der Waals surface area contributed by atoms with Crippen LogP contribution in [-0.2, 0) is 11.2 Å². The van der Waals surface area contributed by atoms with Gasteiger partial charge in [0, 0.05) is 50.9 Å². The minimum atomic E-state index is -0.109. The number of nitrogens with zero attached hydrogens (tertiary/aromatic N) is 3. The van der Waals surface area contributed by atoms with Crippen molar-refractivity contribution < 1.29 is 9.59 Å². The van der Waals surface area contributed by atoms with Crippen molar-refractivity contribution in [3.05, 3.63) is 29.8 Å². The smallest absolute Gasteiger partial charge is 0.321 e. The number of rotatable bonds is 2. The summed E-state index contributed by atoms with van der Waals surface area (Å²) >= 11 is 0. The fourth-order valence-electron chi connectivity index (χ4n) is 3.96. The third-order valence-electron chi connectivity index (χ3n) is 6.04. The fraction of sp³-hybridized carbons (Fsp3) is 0.600. The number of urea groups is 1. The molecule has 2 aliphatic rings. The number of likely N-dealkylation sites (tertiary alicyclic amines) is 1. The molecule has 6 heteroatoms. The Morgan fingerprint density at radius 2 is 1.85 bits per heavy atom. The van der Waals surface area contributed by atoms with E-state index >= 15 is 0 Å². The number of piperazine rings is 1. The highest BCUT2D eigenvalue weighted by Gasteiger charge is 2.42. The van der Waals surface area contributed by atoms with Crippen LogP contribution in [0.25, 0.3) is 0 Å². The SMILES string of the molecule is CCc1ccc(NC(=O)N2CCN(C)[C@@]3(CCC(=O)N(C)CC3)C2)cc1. The zero-order valence-corrected chi connectivity index (χ0v) is 16.1. The van der Waals surface area contributed by atoms with E-state index < -0.39 is 0 Å². The molecule has 1 spiro atoms. The van der Waals surface area contributed by atoms with E-state index in [4.69, 9.17) is 0 Å². The lowest BCUT2D eigenvalue weighted by Crippen LogP contribution is -2.62. The van der Waals surface area contributed by atoms with E-state index in [1.807, 2.05) is 41.1 Å². The van der Waals surface area contributed by atoms with Gasteiger partial charge < -0.3 is 15.1 Å². The van der Waals surface area contributed by atoms with Crippen LogP contribution in [-0.4, -0.2) is 72.5 Å². The molecule has 0 aromatic heterocycles. The van der Waals surface area contributed by atoms with Crippen molar-refractivity contribution in [3.8, 4) is 0 Å². The van der Waals surface area contributed by atoms with Crippen LogP contribution in [0.15, 0.2) is 24.3 Å². The number of aryl methyl sites for hydroxylation is 1. The topological polar surface area (TPSA) is 55.9 Å². The van der Waals surface area contributed by atoms with Crippen LogP contribution in [0.2, 0.25) is 0 Å². The summed E-state index contributed by atoms with van der Waals surface area (Å²) in [6.45, 7) is 5.08. The van der Waals surface area contributed by atoms with Crippen LogP contribution in [0.4, 0.5) is 10.5 Å². The number of amides is 3. The number of likely N-dealkylation sites (N-methyl/N-ethyl adjacent to an activating group) is 1. The first-order valence-electron chi connectivity index (χ1n) is 9.53. The molecule has 0 saturated carbocycles. The van der Waals surface area contributed by atoms with Gasteiger partial charge in [0.1, 0.15) is 0 Å². The Labute approximate surface area is 156 Å². The summed E-state index contributed by atoms with van der Waals surface area (Å²) in [7, 11) is 3.99. The molecule has 0 radical (unpaired) electrons. The normalized spacial score (nSPS) is 24.7. The lowest BCUT2D eigenvalue weighted by atomic mass is 9.86. The average Bonchev–Trinajstić information content (AvgIpc) is 2.79. The van der Waals surface area contributed by atoms with Gasteiger partial charge in [-0.3, -0.25) is 9.69 Å². The third-order valence-corrected chi connectivity index (χ3v) is 6.04. The van der Waals surface area contributed by atoms with Gasteiger partial charge in [0.15, 0.2) is 0 Å². The number of hydrogen-bond donors (Lipinski definition) is 1. The Bertz CT molecular complexity index is 660. The van der Waals surface area contributed by atoms with E-state index in [2.05, 4.69) is 24.2 Å². The quantitative estimate of drug-likeness (QED) is 0.883. The van der Waals surface area contributed by atoms with Crippen molar-refractivity contribution in [1.29, 1.82) is 0 Å². The second-order valence-corrected chi connectivity index (χ2v) is 7.61. The van der Waals surface area contributed by atoms with Gasteiger partial charge in [0.2, 0.25) is 5.91 Å². The molecule has 2 aliphatic heterocycles. The highest BCUT2D eigenvalue weighted by Crippen LogP contribution is 2.32. The third kappa shape index (κ3) is 3.85. The first-order chi connectivity index (χ1) is 12.4. The van der Waals surface area contributed by atoms with Gasteiger partial charge in [-0.1, -0.05) is 19.1 Å². The Morgan fingerprint density at radius 1 is 1.12 bits per heavy atom. The van der Waals surface area contributed by atoms with Crippen molar-refractivity contribution in [2.75, 3.05) is 45.6 Å². The molecule has 3 amide bonds. The van der Waals surface area contributed by atoms with Crippen molar-refractivity contribution in [3.63, 3.8) is 0 Å². The summed E-state index contributed by atoms with van der Waals surface area (Å²) in [6, 6.07) is 7.97. The zero-order valence-electron chi connectivity index (χ0n) is 16.1. The molecule has 142 valence electrons. The summed E-state index contributed by atoms with van der Waals surface area (Å²) in [6.07, 6.45) is 3.25. The zero-order chi connectivity index (χ0) is 18.7. The van der Waals surface area contributed by atoms with Crippen LogP contribution in [0.5, 0.6) is 0 Å². The fourth-order valence-corrected chi connectivity index (χ4v) is 3.96. The number of carbonyl (C=O) groups excluding carboxylic acids is 2. The maximum Gasteiger partial charge on any atom is 0.321 e. The number of benzene rings is 1. The molecule has 6 nitrogen and oxygen atoms in total. The van der Waals surface area contributed by atoms with E-state index in [9.17, 15) is 9.59 Å². The van der Waals surface area contributed by atoms with E-state index in [1.165, 1.54) is 5.56 Å². The predicted octanol–water partition coefficient (Wildman–Crippen LogP) is 2.41. The minimum Gasteiger partial charge on any atom is -0.346 e. The lowest BCUT2D eigenvalue weighted by Gasteiger charge is -2.49. The van der Waals surface area contributed by atoms with Gasteiger partial charge in [0.25, 0.3) is 0 Å². The molecule has 0 unspecified atom stereocenters. The molecule has 1 aromatic carbocycles. The number of nitrogens with one attached hydrogen (secondary N) is 1. The van der Waals surface area contributed by atoms with Gasteiger partial charge in [-0.25, -0.2) is 4.79 Å². The molecule has 2 fully saturated rings. The summed E-state index contributed by atoms with van der Waals surface area (Å²) < 4.78 is 0. The van der Waals surface area contributed by atoms with Crippen LogP contribution >= 0.6 is 0 Å². The highest BCUT2D eigenvalue weighted by atomic mass is 16.2. The van der Waals surface area contributed by atoms with Gasteiger partial charge in [-0.05, 0) is 44.0 Å². The summed E-state index contributed by atoms with van der Waals surface area (Å²) in [5, 5.41) is 3.02. The van der Waals surface area contributed by atoms with Crippen LogP contribution in [0, 0.1) is 0 Å². The molecule has 3 rings (SSSR count). The van der Waals surface area contributed by atoms with Crippen LogP contribution < -0.4 is 5.32 Å². The van der Waals surface area contributed by atoms with Gasteiger partial charge >= 0.3 is 6.03 Å². The maximum atomic E-state index is 12.8.